The summed E-state index contributed by atoms with van der Waals surface area (Å²) in [5, 5.41) is 0. The lowest BCUT2D eigenvalue weighted by atomic mass is 11.5. The van der Waals surface area contributed by atoms with Crippen LogP contribution >= 0.6 is 24.8 Å². The van der Waals surface area contributed by atoms with Gasteiger partial charge in [0.05, 0.1) is 0 Å². The minimum absolute atomic E-state index is 0. The van der Waals surface area contributed by atoms with Gasteiger partial charge >= 0.3 is 0 Å². The second-order valence-corrected chi connectivity index (χ2v) is 0.136. The summed E-state index contributed by atoms with van der Waals surface area (Å²) in [4.78, 5) is 8.58. The molecular formula is CH7Cl2NO2. The molecule has 0 aromatic rings. The van der Waals surface area contributed by atoms with Gasteiger partial charge in [0.2, 0.25) is 6.41 Å². The van der Waals surface area contributed by atoms with Crippen LogP contribution in [0.2, 0.25) is 0 Å². The molecule has 0 rings (SSSR count). The van der Waals surface area contributed by atoms with Crippen molar-refractivity contribution in [3.8, 4) is 0 Å². The van der Waals surface area contributed by atoms with Crippen LogP contribution in [0.25, 0.3) is 0 Å². The molecule has 0 fully saturated rings. The average Bonchev–Trinajstić information content (AvgIpc) is 0.918. The van der Waals surface area contributed by atoms with Gasteiger partial charge in [-0.15, -0.1) is 24.8 Å². The van der Waals surface area contributed by atoms with Crippen LogP contribution in [0.3, 0.4) is 0 Å². The van der Waals surface area contributed by atoms with Crippen molar-refractivity contribution in [3.05, 3.63) is 0 Å². The van der Waals surface area contributed by atoms with Crippen molar-refractivity contribution < 1.29 is 10.3 Å². The number of carbonyl (C=O) groups excluding carboxylic acids is 1. The summed E-state index contributed by atoms with van der Waals surface area (Å²) in [6.07, 6.45) is 0.250. The summed E-state index contributed by atoms with van der Waals surface area (Å²) in [7, 11) is 0. The Morgan fingerprint density at radius 1 is 1.33 bits per heavy atom. The molecule has 1 amide bonds. The molecule has 0 aliphatic rings. The first kappa shape index (κ1) is 37.3. The SMILES string of the molecule is Cl.Cl.NC=O.O. The largest absolute Gasteiger partial charge is 0.412 e. The molecule has 0 aromatic carbocycles. The monoisotopic (exact) mass is 135 g/mol. The Bertz CT molecular complexity index is 19.0. The Kier molecular flexibility index (Phi) is 491. The number of hydrogen-bond donors (Lipinski definition) is 1. The summed E-state index contributed by atoms with van der Waals surface area (Å²) < 4.78 is 0. The third-order valence-electron chi connectivity index (χ3n) is 0. The van der Waals surface area contributed by atoms with E-state index in [0.29, 0.717) is 0 Å². The van der Waals surface area contributed by atoms with E-state index in [2.05, 4.69) is 5.73 Å². The standard InChI is InChI=1S/CH3NO.2ClH.H2O/c2-1-3;;;/h1H,(H2,2,3);2*1H;1H2. The number of hydrogen-bond acceptors (Lipinski definition) is 1. The molecule has 0 aliphatic carbocycles. The first-order chi connectivity index (χ1) is 1.41. The zero-order valence-corrected chi connectivity index (χ0v) is 4.51. The maximum Gasteiger partial charge on any atom is 0.204 e. The second kappa shape index (κ2) is 79.0. The summed E-state index contributed by atoms with van der Waals surface area (Å²) in [6, 6.07) is 0. The van der Waals surface area contributed by atoms with Crippen molar-refractivity contribution in [1.82, 2.24) is 0 Å². The van der Waals surface area contributed by atoms with Gasteiger partial charge in [-0.25, -0.2) is 0 Å². The molecule has 0 atom stereocenters. The molecule has 42 valence electrons. The molecule has 3 nitrogen and oxygen atoms in total. The average molecular weight is 136 g/mol. The third-order valence-corrected chi connectivity index (χ3v) is 0. The zero-order chi connectivity index (χ0) is 2.71. The molecule has 5 heteroatoms. The van der Waals surface area contributed by atoms with Crippen molar-refractivity contribution in [2.75, 3.05) is 0 Å². The van der Waals surface area contributed by atoms with Crippen LogP contribution < -0.4 is 5.73 Å². The fraction of sp³-hybridized carbons (Fsp3) is 0. The van der Waals surface area contributed by atoms with Crippen molar-refractivity contribution in [2.45, 2.75) is 0 Å². The second-order valence-electron chi connectivity index (χ2n) is 0.136. The molecule has 0 heterocycles. The highest BCUT2D eigenvalue weighted by molar-refractivity contribution is 5.85. The van der Waals surface area contributed by atoms with Gasteiger partial charge in [0.25, 0.3) is 0 Å². The summed E-state index contributed by atoms with van der Waals surface area (Å²) in [6.45, 7) is 0. The lowest BCUT2D eigenvalue weighted by Gasteiger charge is -1.32. The molecular weight excluding hydrogens is 129 g/mol. The molecule has 0 spiro atoms. The van der Waals surface area contributed by atoms with Gasteiger partial charge in [0.15, 0.2) is 0 Å². The van der Waals surface area contributed by atoms with Crippen LogP contribution in [0, 0.1) is 0 Å². The Hall–Kier alpha value is 0.01000. The first-order valence-electron chi connectivity index (χ1n) is 0.569. The first-order valence-corrected chi connectivity index (χ1v) is 0.569. The molecule has 0 saturated carbocycles. The molecule has 6 heavy (non-hydrogen) atoms. The number of halogens is 2. The lowest BCUT2D eigenvalue weighted by molar-refractivity contribution is -0.106. The molecule has 0 saturated heterocycles. The minimum atomic E-state index is 0. The van der Waals surface area contributed by atoms with Crippen LogP contribution in [0.15, 0.2) is 0 Å². The van der Waals surface area contributed by atoms with Crippen molar-refractivity contribution in [1.29, 1.82) is 0 Å². The van der Waals surface area contributed by atoms with E-state index in [1.807, 2.05) is 0 Å². The van der Waals surface area contributed by atoms with Crippen molar-refractivity contribution >= 4 is 31.2 Å². The van der Waals surface area contributed by atoms with Gasteiger partial charge in [-0.1, -0.05) is 0 Å². The molecule has 0 aromatic heterocycles. The summed E-state index contributed by atoms with van der Waals surface area (Å²) in [5.74, 6) is 0. The van der Waals surface area contributed by atoms with E-state index in [1.54, 1.807) is 0 Å². The molecule has 0 bridgehead atoms. The number of nitrogens with two attached hydrogens (primary N) is 1. The molecule has 0 unspecified atom stereocenters. The summed E-state index contributed by atoms with van der Waals surface area (Å²) in [5.41, 5.74) is 4.17. The quantitative estimate of drug-likeness (QED) is 0.431. The van der Waals surface area contributed by atoms with Crippen LogP contribution in [-0.2, 0) is 4.79 Å². The fourth-order valence-corrected chi connectivity index (χ4v) is 0. The van der Waals surface area contributed by atoms with Gasteiger partial charge in [0, 0.05) is 0 Å². The van der Waals surface area contributed by atoms with E-state index in [4.69, 9.17) is 4.79 Å². The molecule has 4 N–H and O–H groups in total. The number of primary amides is 1. The minimum Gasteiger partial charge on any atom is -0.412 e. The lowest BCUT2D eigenvalue weighted by Crippen LogP contribution is -1.82. The number of amides is 1. The smallest absolute Gasteiger partial charge is 0.204 e. The Labute approximate surface area is 48.0 Å². The predicted octanol–water partition coefficient (Wildman–Crippen LogP) is -0.880. The normalized spacial score (nSPS) is 2.00. The van der Waals surface area contributed by atoms with Gasteiger partial charge < -0.3 is 11.2 Å². The Morgan fingerprint density at radius 3 is 1.33 bits per heavy atom. The predicted molar refractivity (Wildman–Crippen MR) is 28.4 cm³/mol. The Morgan fingerprint density at radius 2 is 1.33 bits per heavy atom. The number of carbonyl (C=O) groups is 1. The summed E-state index contributed by atoms with van der Waals surface area (Å²) >= 11 is 0. The van der Waals surface area contributed by atoms with Crippen LogP contribution in [-0.4, -0.2) is 11.9 Å². The van der Waals surface area contributed by atoms with E-state index in [9.17, 15) is 0 Å². The number of rotatable bonds is 0. The Balaban J connectivity index is -0.00000000667. The van der Waals surface area contributed by atoms with Crippen molar-refractivity contribution in [3.63, 3.8) is 0 Å². The highest BCUT2D eigenvalue weighted by Gasteiger charge is 1.19. The maximum absolute atomic E-state index is 8.58. The highest BCUT2D eigenvalue weighted by atomic mass is 35.5. The van der Waals surface area contributed by atoms with E-state index in [0.717, 1.165) is 0 Å². The van der Waals surface area contributed by atoms with Crippen LogP contribution in [0.1, 0.15) is 0 Å². The van der Waals surface area contributed by atoms with Gasteiger partial charge in [0.1, 0.15) is 0 Å². The van der Waals surface area contributed by atoms with Gasteiger partial charge in [-0.2, -0.15) is 0 Å². The molecule has 0 aliphatic heterocycles. The van der Waals surface area contributed by atoms with Gasteiger partial charge in [-0.3, -0.25) is 4.79 Å². The van der Waals surface area contributed by atoms with Crippen LogP contribution in [0.5, 0.6) is 0 Å². The fourth-order valence-electron chi connectivity index (χ4n) is 0. The maximum atomic E-state index is 8.58. The van der Waals surface area contributed by atoms with E-state index in [1.165, 1.54) is 0 Å². The van der Waals surface area contributed by atoms with E-state index >= 15 is 0 Å². The van der Waals surface area contributed by atoms with Crippen molar-refractivity contribution in [2.24, 2.45) is 5.73 Å². The van der Waals surface area contributed by atoms with Gasteiger partial charge in [-0.05, 0) is 0 Å². The topological polar surface area (TPSA) is 74.6 Å². The molecule has 0 radical (unpaired) electrons. The van der Waals surface area contributed by atoms with E-state index < -0.39 is 0 Å². The van der Waals surface area contributed by atoms with E-state index in [-0.39, 0.29) is 36.7 Å². The van der Waals surface area contributed by atoms with Crippen LogP contribution in [0.4, 0.5) is 0 Å². The highest BCUT2D eigenvalue weighted by Crippen LogP contribution is 0.799. The zero-order valence-electron chi connectivity index (χ0n) is 2.88. The third kappa shape index (κ3) is 363000.